The van der Waals surface area contributed by atoms with E-state index in [1.807, 2.05) is 42.1 Å². The molecule has 0 bridgehead atoms. The van der Waals surface area contributed by atoms with Gasteiger partial charge in [-0.05, 0) is 18.7 Å². The minimum Gasteiger partial charge on any atom is -0.497 e. The topological polar surface area (TPSA) is 53.1 Å². The van der Waals surface area contributed by atoms with Gasteiger partial charge in [0.05, 0.1) is 12.8 Å². The molecule has 0 saturated heterocycles. The number of benzene rings is 1. The highest BCUT2D eigenvalue weighted by molar-refractivity contribution is 5.85. The quantitative estimate of drug-likeness (QED) is 0.944. The monoisotopic (exact) mass is 303 g/mol. The van der Waals surface area contributed by atoms with Gasteiger partial charge >= 0.3 is 0 Å². The van der Waals surface area contributed by atoms with Crippen LogP contribution in [0.25, 0.3) is 11.3 Å². The van der Waals surface area contributed by atoms with E-state index in [1.54, 1.807) is 7.11 Å². The van der Waals surface area contributed by atoms with Crippen molar-refractivity contribution in [3.63, 3.8) is 0 Å². The molecule has 0 aliphatic rings. The lowest BCUT2D eigenvalue weighted by Crippen LogP contribution is -2.07. The van der Waals surface area contributed by atoms with Gasteiger partial charge in [0.1, 0.15) is 11.6 Å². The molecule has 106 valence electrons. The summed E-state index contributed by atoms with van der Waals surface area (Å²) in [6, 6.07) is 7.89. The minimum atomic E-state index is 0. The number of nitrogens with zero attached hydrogens (tertiary/aromatic N) is 2. The van der Waals surface area contributed by atoms with Gasteiger partial charge in [0.2, 0.25) is 0 Å². The first-order chi connectivity index (χ1) is 8.24. The number of nitrogens with two attached hydrogens (primary N) is 1. The summed E-state index contributed by atoms with van der Waals surface area (Å²) < 4.78 is 7.22. The fourth-order valence-corrected chi connectivity index (χ4v) is 1.79. The van der Waals surface area contributed by atoms with Crippen LogP contribution < -0.4 is 10.5 Å². The number of hydrogen-bond donors (Lipinski definition) is 1. The number of aromatic nitrogens is 2. The van der Waals surface area contributed by atoms with Crippen LogP contribution in [0.3, 0.4) is 0 Å². The normalized spacial score (nSPS) is 9.42. The highest BCUT2D eigenvalue weighted by Gasteiger charge is 2.07. The maximum absolute atomic E-state index is 5.55. The Labute approximate surface area is 125 Å². The molecule has 0 spiro atoms. The summed E-state index contributed by atoms with van der Waals surface area (Å²) in [5, 5.41) is 0. The van der Waals surface area contributed by atoms with Crippen molar-refractivity contribution in [1.29, 1.82) is 0 Å². The molecule has 2 rings (SSSR count). The van der Waals surface area contributed by atoms with Crippen LogP contribution in [-0.4, -0.2) is 23.2 Å². The number of aryl methyl sites for hydroxylation is 1. The predicted octanol–water partition coefficient (Wildman–Crippen LogP) is 2.44. The van der Waals surface area contributed by atoms with Crippen molar-refractivity contribution in [1.82, 2.24) is 9.55 Å². The van der Waals surface area contributed by atoms with Crippen molar-refractivity contribution < 1.29 is 4.74 Å². The van der Waals surface area contributed by atoms with Crippen LogP contribution >= 0.6 is 24.8 Å². The summed E-state index contributed by atoms with van der Waals surface area (Å²) in [6.45, 7) is 0.613. The minimum absolute atomic E-state index is 0. The van der Waals surface area contributed by atoms with Gasteiger partial charge in [0.25, 0.3) is 0 Å². The Kier molecular flexibility index (Phi) is 7.52. The zero-order chi connectivity index (χ0) is 12.3. The zero-order valence-corrected chi connectivity index (χ0v) is 12.6. The molecule has 2 aromatic rings. The summed E-state index contributed by atoms with van der Waals surface area (Å²) >= 11 is 0. The number of rotatable bonds is 4. The van der Waals surface area contributed by atoms with E-state index in [1.165, 1.54) is 0 Å². The van der Waals surface area contributed by atoms with E-state index in [-0.39, 0.29) is 24.8 Å². The lowest BCUT2D eigenvalue weighted by molar-refractivity contribution is 0.415. The third-order valence-electron chi connectivity index (χ3n) is 2.71. The predicted molar refractivity (Wildman–Crippen MR) is 82.5 cm³/mol. The largest absolute Gasteiger partial charge is 0.497 e. The van der Waals surface area contributed by atoms with E-state index >= 15 is 0 Å². The van der Waals surface area contributed by atoms with E-state index in [4.69, 9.17) is 10.5 Å². The molecule has 0 aliphatic carbocycles. The molecule has 6 heteroatoms. The Morgan fingerprint density at radius 2 is 2.05 bits per heavy atom. The summed E-state index contributed by atoms with van der Waals surface area (Å²) in [7, 11) is 3.65. The number of methoxy groups -OCH3 is 1. The summed E-state index contributed by atoms with van der Waals surface area (Å²) in [6.07, 6.45) is 2.81. The summed E-state index contributed by atoms with van der Waals surface area (Å²) in [5.41, 5.74) is 7.56. The van der Waals surface area contributed by atoms with Gasteiger partial charge in [-0.15, -0.1) is 24.8 Å². The van der Waals surface area contributed by atoms with Gasteiger partial charge in [-0.2, -0.15) is 0 Å². The van der Waals surface area contributed by atoms with Gasteiger partial charge in [-0.3, -0.25) is 0 Å². The summed E-state index contributed by atoms with van der Waals surface area (Å²) in [4.78, 5) is 4.57. The number of hydrogen-bond acceptors (Lipinski definition) is 3. The smallest absolute Gasteiger partial charge is 0.119 e. The SMILES string of the molecule is COc1cccc(-c2cn(C)c(CCN)n2)c1.Cl.Cl. The molecule has 0 aliphatic heterocycles. The molecule has 0 radical (unpaired) electrons. The Morgan fingerprint density at radius 1 is 1.32 bits per heavy atom. The van der Waals surface area contributed by atoms with Crippen LogP contribution in [0.2, 0.25) is 0 Å². The van der Waals surface area contributed by atoms with Crippen molar-refractivity contribution >= 4 is 24.8 Å². The van der Waals surface area contributed by atoms with Crippen LogP contribution in [0.4, 0.5) is 0 Å². The Hall–Kier alpha value is -1.23. The molecular formula is C13H19Cl2N3O. The van der Waals surface area contributed by atoms with Crippen LogP contribution in [0, 0.1) is 0 Å². The van der Waals surface area contributed by atoms with Gasteiger partial charge in [0.15, 0.2) is 0 Å². The first kappa shape index (κ1) is 17.8. The fraction of sp³-hybridized carbons (Fsp3) is 0.308. The number of halogens is 2. The molecule has 0 amide bonds. The van der Waals surface area contributed by atoms with E-state index in [0.29, 0.717) is 6.54 Å². The molecule has 0 atom stereocenters. The molecule has 19 heavy (non-hydrogen) atoms. The van der Waals surface area contributed by atoms with Crippen molar-refractivity contribution in [3.8, 4) is 17.0 Å². The first-order valence-corrected chi connectivity index (χ1v) is 5.61. The lowest BCUT2D eigenvalue weighted by atomic mass is 10.1. The molecule has 2 N–H and O–H groups in total. The van der Waals surface area contributed by atoms with E-state index < -0.39 is 0 Å². The average Bonchev–Trinajstić information content (AvgIpc) is 2.72. The standard InChI is InChI=1S/C13H17N3O.2ClH/c1-16-9-12(15-13(16)6-7-14)10-4-3-5-11(8-10)17-2;;/h3-5,8-9H,6-7,14H2,1-2H3;2*1H. The second kappa shape index (κ2) is 8.04. The summed E-state index contributed by atoms with van der Waals surface area (Å²) in [5.74, 6) is 1.85. The highest BCUT2D eigenvalue weighted by atomic mass is 35.5. The van der Waals surface area contributed by atoms with E-state index in [0.717, 1.165) is 29.3 Å². The van der Waals surface area contributed by atoms with Crippen molar-refractivity contribution in [2.75, 3.05) is 13.7 Å². The Balaban J connectivity index is 0.00000162. The van der Waals surface area contributed by atoms with E-state index in [9.17, 15) is 0 Å². The highest BCUT2D eigenvalue weighted by Crippen LogP contribution is 2.22. The molecular weight excluding hydrogens is 285 g/mol. The van der Waals surface area contributed by atoms with Crippen molar-refractivity contribution in [3.05, 3.63) is 36.3 Å². The molecule has 1 aromatic heterocycles. The van der Waals surface area contributed by atoms with Gasteiger partial charge in [-0.1, -0.05) is 12.1 Å². The molecule has 0 unspecified atom stereocenters. The third-order valence-corrected chi connectivity index (χ3v) is 2.71. The lowest BCUT2D eigenvalue weighted by Gasteiger charge is -2.01. The fourth-order valence-electron chi connectivity index (χ4n) is 1.79. The second-order valence-corrected chi connectivity index (χ2v) is 3.92. The van der Waals surface area contributed by atoms with Crippen LogP contribution in [0.1, 0.15) is 5.82 Å². The molecule has 4 nitrogen and oxygen atoms in total. The van der Waals surface area contributed by atoms with Crippen molar-refractivity contribution in [2.45, 2.75) is 6.42 Å². The van der Waals surface area contributed by atoms with E-state index in [2.05, 4.69) is 4.98 Å². The van der Waals surface area contributed by atoms with Gasteiger partial charge in [-0.25, -0.2) is 4.98 Å². The molecule has 0 saturated carbocycles. The van der Waals surface area contributed by atoms with Gasteiger partial charge in [0, 0.05) is 25.2 Å². The zero-order valence-electron chi connectivity index (χ0n) is 11.0. The van der Waals surface area contributed by atoms with Crippen LogP contribution in [0.5, 0.6) is 5.75 Å². The number of ether oxygens (including phenoxy) is 1. The molecule has 0 fully saturated rings. The maximum Gasteiger partial charge on any atom is 0.119 e. The number of imidazole rings is 1. The Bertz CT molecular complexity index is 514. The Morgan fingerprint density at radius 3 is 2.68 bits per heavy atom. The van der Waals surface area contributed by atoms with Gasteiger partial charge < -0.3 is 15.0 Å². The first-order valence-electron chi connectivity index (χ1n) is 5.61. The average molecular weight is 304 g/mol. The van der Waals surface area contributed by atoms with Crippen LogP contribution in [0.15, 0.2) is 30.5 Å². The van der Waals surface area contributed by atoms with Crippen molar-refractivity contribution in [2.24, 2.45) is 12.8 Å². The third kappa shape index (κ3) is 4.13. The maximum atomic E-state index is 5.55. The molecule has 1 aromatic carbocycles. The second-order valence-electron chi connectivity index (χ2n) is 3.92. The molecule has 1 heterocycles. The van der Waals surface area contributed by atoms with Crippen LogP contribution in [-0.2, 0) is 13.5 Å².